The lowest BCUT2D eigenvalue weighted by Gasteiger charge is -2.29. The first-order chi connectivity index (χ1) is 18.1. The lowest BCUT2D eigenvalue weighted by Crippen LogP contribution is -2.47. The van der Waals surface area contributed by atoms with E-state index in [1.165, 1.54) is 17.0 Å². The fourth-order valence-electron chi connectivity index (χ4n) is 3.84. The molecule has 3 aromatic carbocycles. The Morgan fingerprint density at radius 3 is 2.18 bits per heavy atom. The van der Waals surface area contributed by atoms with Crippen LogP contribution in [-0.2, 0) is 39.1 Å². The van der Waals surface area contributed by atoms with Crippen LogP contribution >= 0.6 is 23.2 Å². The molecule has 1 atom stereocenters. The summed E-state index contributed by atoms with van der Waals surface area (Å²) in [6.45, 7) is 4.18. The predicted molar refractivity (Wildman–Crippen MR) is 150 cm³/mol. The molecule has 2 amide bonds. The zero-order chi connectivity index (χ0) is 27.7. The van der Waals surface area contributed by atoms with Crippen LogP contribution in [0.15, 0.2) is 77.7 Å². The van der Waals surface area contributed by atoms with Crippen LogP contribution in [-0.4, -0.2) is 37.7 Å². The van der Waals surface area contributed by atoms with Crippen molar-refractivity contribution in [3.8, 4) is 0 Å². The van der Waals surface area contributed by atoms with Crippen LogP contribution in [0.3, 0.4) is 0 Å². The normalized spacial score (nSPS) is 12.1. The molecule has 0 unspecified atom stereocenters. The Morgan fingerprint density at radius 1 is 0.921 bits per heavy atom. The summed E-state index contributed by atoms with van der Waals surface area (Å²) >= 11 is 12.2. The molecule has 0 saturated carbocycles. The highest BCUT2D eigenvalue weighted by Crippen LogP contribution is 2.18. The average Bonchev–Trinajstić information content (AvgIpc) is 2.90. The third-order valence-corrected chi connectivity index (χ3v) is 8.22. The summed E-state index contributed by atoms with van der Waals surface area (Å²) in [6.07, 6.45) is 0.542. The van der Waals surface area contributed by atoms with Gasteiger partial charge in [0.2, 0.25) is 21.8 Å². The minimum Gasteiger partial charge on any atom is -0.350 e. The number of aryl methyl sites for hydroxylation is 1. The van der Waals surface area contributed by atoms with E-state index in [9.17, 15) is 18.0 Å². The van der Waals surface area contributed by atoms with E-state index in [2.05, 4.69) is 10.0 Å². The number of benzene rings is 3. The van der Waals surface area contributed by atoms with E-state index >= 15 is 0 Å². The van der Waals surface area contributed by atoms with Gasteiger partial charge in [-0.2, -0.15) is 0 Å². The van der Waals surface area contributed by atoms with Crippen LogP contribution < -0.4 is 10.0 Å². The topological polar surface area (TPSA) is 95.6 Å². The second-order valence-electron chi connectivity index (χ2n) is 8.78. The van der Waals surface area contributed by atoms with E-state index in [1.807, 2.05) is 30.3 Å². The molecule has 7 nitrogen and oxygen atoms in total. The largest absolute Gasteiger partial charge is 0.350 e. The molecular weight excluding hydrogens is 545 g/mol. The molecule has 10 heteroatoms. The summed E-state index contributed by atoms with van der Waals surface area (Å²) in [6, 6.07) is 20.1. The van der Waals surface area contributed by atoms with Gasteiger partial charge in [0.25, 0.3) is 0 Å². The van der Waals surface area contributed by atoms with Crippen LogP contribution in [0.25, 0.3) is 0 Å². The molecule has 0 aliphatic rings. The third kappa shape index (κ3) is 8.30. The summed E-state index contributed by atoms with van der Waals surface area (Å²) < 4.78 is 26.8. The Labute approximate surface area is 234 Å². The van der Waals surface area contributed by atoms with Crippen molar-refractivity contribution < 1.29 is 18.0 Å². The first-order valence-electron chi connectivity index (χ1n) is 12.2. The Morgan fingerprint density at radius 2 is 1.55 bits per heavy atom. The zero-order valence-corrected chi connectivity index (χ0v) is 23.6. The number of halogens is 2. The lowest BCUT2D eigenvalue weighted by molar-refractivity contribution is -0.140. The van der Waals surface area contributed by atoms with Crippen molar-refractivity contribution in [1.82, 2.24) is 14.9 Å². The van der Waals surface area contributed by atoms with Crippen molar-refractivity contribution in [2.24, 2.45) is 0 Å². The number of carbonyl (C=O) groups excluding carboxylic acids is 2. The number of nitrogens with one attached hydrogen (secondary N) is 2. The minimum atomic E-state index is -3.55. The summed E-state index contributed by atoms with van der Waals surface area (Å²) in [5, 5.41) is 4.01. The number of amides is 2. The van der Waals surface area contributed by atoms with Gasteiger partial charge in [0.05, 0.1) is 4.90 Å². The predicted octanol–water partition coefficient (Wildman–Crippen LogP) is 4.96. The van der Waals surface area contributed by atoms with E-state index in [0.29, 0.717) is 23.0 Å². The van der Waals surface area contributed by atoms with Gasteiger partial charge in [-0.05, 0) is 60.4 Å². The molecule has 0 fully saturated rings. The van der Waals surface area contributed by atoms with Crippen molar-refractivity contribution in [2.75, 3.05) is 6.54 Å². The fourth-order valence-corrected chi connectivity index (χ4v) is 5.21. The first kappa shape index (κ1) is 29.6. The number of sulfonamides is 1. The van der Waals surface area contributed by atoms with Crippen molar-refractivity contribution >= 4 is 45.0 Å². The average molecular weight is 577 g/mol. The maximum atomic E-state index is 13.4. The van der Waals surface area contributed by atoms with Gasteiger partial charge >= 0.3 is 0 Å². The van der Waals surface area contributed by atoms with E-state index in [1.54, 1.807) is 44.2 Å². The molecule has 0 saturated heterocycles. The number of rotatable bonds is 12. The number of nitrogens with zero attached hydrogens (tertiary/aromatic N) is 1. The molecule has 3 rings (SSSR count). The number of hydrogen-bond acceptors (Lipinski definition) is 4. The highest BCUT2D eigenvalue weighted by Gasteiger charge is 2.26. The molecule has 0 aliphatic carbocycles. The van der Waals surface area contributed by atoms with Gasteiger partial charge in [0.1, 0.15) is 6.04 Å². The van der Waals surface area contributed by atoms with Gasteiger partial charge in [-0.1, -0.05) is 72.6 Å². The third-order valence-electron chi connectivity index (χ3n) is 6.04. The van der Waals surface area contributed by atoms with Crippen LogP contribution in [0, 0.1) is 0 Å². The standard InChI is InChI=1S/C28H31Cl2N3O4S/c1-3-32-38(36,37)25-15-10-21(11-16-25)12-17-27(34)33(19-22-8-13-24(29)14-9-22)20(2)28(35)31-18-23-6-4-5-7-26(23)30/h4-11,13-16,20,32H,3,12,17-19H2,1-2H3,(H,31,35)/t20-/m1/s1. The highest BCUT2D eigenvalue weighted by molar-refractivity contribution is 7.89. The summed E-state index contributed by atoms with van der Waals surface area (Å²) in [4.78, 5) is 28.1. The highest BCUT2D eigenvalue weighted by atomic mass is 35.5. The van der Waals surface area contributed by atoms with Gasteiger partial charge in [-0.3, -0.25) is 9.59 Å². The van der Waals surface area contributed by atoms with Crippen molar-refractivity contribution in [3.05, 3.63) is 99.5 Å². The van der Waals surface area contributed by atoms with Gasteiger partial charge in [0, 0.05) is 36.1 Å². The minimum absolute atomic E-state index is 0.148. The first-order valence-corrected chi connectivity index (χ1v) is 14.5. The summed E-state index contributed by atoms with van der Waals surface area (Å²) in [5.74, 6) is -0.505. The smallest absolute Gasteiger partial charge is 0.242 e. The Balaban J connectivity index is 1.71. The Kier molecular flexibility index (Phi) is 10.7. The lowest BCUT2D eigenvalue weighted by atomic mass is 10.1. The SMILES string of the molecule is CCNS(=O)(=O)c1ccc(CCC(=O)N(Cc2ccc(Cl)cc2)[C@H](C)C(=O)NCc2ccccc2Cl)cc1. The molecule has 38 heavy (non-hydrogen) atoms. The van der Waals surface area contributed by atoms with E-state index in [-0.39, 0.29) is 36.2 Å². The van der Waals surface area contributed by atoms with Gasteiger partial charge < -0.3 is 10.2 Å². The van der Waals surface area contributed by atoms with E-state index in [0.717, 1.165) is 16.7 Å². The van der Waals surface area contributed by atoms with Crippen LogP contribution in [0.5, 0.6) is 0 Å². The number of carbonyl (C=O) groups is 2. The quantitative estimate of drug-likeness (QED) is 0.319. The molecule has 0 bridgehead atoms. The molecular formula is C28H31Cl2N3O4S. The second-order valence-corrected chi connectivity index (χ2v) is 11.4. The van der Waals surface area contributed by atoms with Crippen molar-refractivity contribution in [3.63, 3.8) is 0 Å². The molecule has 0 heterocycles. The fraction of sp³-hybridized carbons (Fsp3) is 0.286. The van der Waals surface area contributed by atoms with Gasteiger partial charge in [-0.25, -0.2) is 13.1 Å². The Bertz CT molecular complexity index is 1350. The van der Waals surface area contributed by atoms with Crippen molar-refractivity contribution in [1.29, 1.82) is 0 Å². The molecule has 3 aromatic rings. The number of hydrogen-bond donors (Lipinski definition) is 2. The monoisotopic (exact) mass is 575 g/mol. The molecule has 0 spiro atoms. The zero-order valence-electron chi connectivity index (χ0n) is 21.3. The molecule has 0 aliphatic heterocycles. The van der Waals surface area contributed by atoms with E-state index in [4.69, 9.17) is 23.2 Å². The summed E-state index contributed by atoms with van der Waals surface area (Å²) in [7, 11) is -3.55. The van der Waals surface area contributed by atoms with Gasteiger partial charge in [0.15, 0.2) is 0 Å². The molecule has 2 N–H and O–H groups in total. The maximum absolute atomic E-state index is 13.4. The van der Waals surface area contributed by atoms with Crippen molar-refractivity contribution in [2.45, 2.75) is 50.7 Å². The summed E-state index contributed by atoms with van der Waals surface area (Å²) in [5.41, 5.74) is 2.44. The maximum Gasteiger partial charge on any atom is 0.242 e. The Hall–Kier alpha value is -2.91. The van der Waals surface area contributed by atoms with Crippen LogP contribution in [0.2, 0.25) is 10.0 Å². The molecule has 0 radical (unpaired) electrons. The van der Waals surface area contributed by atoms with E-state index < -0.39 is 16.1 Å². The van der Waals surface area contributed by atoms with Crippen LogP contribution in [0.4, 0.5) is 0 Å². The molecule has 202 valence electrons. The van der Waals surface area contributed by atoms with Crippen LogP contribution in [0.1, 0.15) is 37.0 Å². The molecule has 0 aromatic heterocycles. The second kappa shape index (κ2) is 13.8. The van der Waals surface area contributed by atoms with Gasteiger partial charge in [-0.15, -0.1) is 0 Å².